The van der Waals surface area contributed by atoms with Gasteiger partial charge in [-0.2, -0.15) is 0 Å². The molecule has 2 aliphatic carbocycles. The van der Waals surface area contributed by atoms with Crippen LogP contribution in [0.1, 0.15) is 25.7 Å². The van der Waals surface area contributed by atoms with E-state index in [0.29, 0.717) is 18.2 Å². The maximum Gasteiger partial charge on any atom is 0.150 e. The average molecular weight is 181 g/mol. The van der Waals surface area contributed by atoms with Gasteiger partial charge in [-0.15, -0.1) is 0 Å². The highest BCUT2D eigenvalue weighted by Crippen LogP contribution is 2.48. The number of rotatable bonds is 3. The molecule has 0 heterocycles. The molecule has 3 atom stereocenters. The van der Waals surface area contributed by atoms with E-state index in [1.54, 1.807) is 0 Å². The topological polar surface area (TPSA) is 20.3 Å². The molecule has 2 fully saturated rings. The number of carbonyl (C=O) groups is 1. The van der Waals surface area contributed by atoms with E-state index in [0.717, 1.165) is 11.8 Å². The molecule has 0 aliphatic heterocycles. The van der Waals surface area contributed by atoms with Gasteiger partial charge in [0.2, 0.25) is 0 Å². The van der Waals surface area contributed by atoms with Crippen molar-refractivity contribution in [1.29, 1.82) is 0 Å². The SMILES string of the molecule is CN(C)CC(=O)C1CC2CCC1C2. The number of carbonyl (C=O) groups excluding carboxylic acids is 1. The van der Waals surface area contributed by atoms with Crippen LogP contribution in [0.15, 0.2) is 0 Å². The molecule has 74 valence electrons. The van der Waals surface area contributed by atoms with Crippen LogP contribution in [-0.2, 0) is 4.79 Å². The van der Waals surface area contributed by atoms with E-state index >= 15 is 0 Å². The maximum atomic E-state index is 11.8. The third-order valence-electron chi connectivity index (χ3n) is 3.62. The fourth-order valence-electron chi connectivity index (χ4n) is 3.07. The van der Waals surface area contributed by atoms with Gasteiger partial charge < -0.3 is 4.90 Å². The Morgan fingerprint density at radius 3 is 2.54 bits per heavy atom. The van der Waals surface area contributed by atoms with Crippen molar-refractivity contribution in [1.82, 2.24) is 4.90 Å². The van der Waals surface area contributed by atoms with Gasteiger partial charge in [0.15, 0.2) is 0 Å². The summed E-state index contributed by atoms with van der Waals surface area (Å²) < 4.78 is 0. The zero-order valence-corrected chi connectivity index (χ0v) is 8.62. The lowest BCUT2D eigenvalue weighted by Crippen LogP contribution is -2.30. The first-order valence-corrected chi connectivity index (χ1v) is 5.34. The number of Topliss-reactive ketones (excluding diaryl/α,β-unsaturated/α-hetero) is 1. The van der Waals surface area contributed by atoms with Crippen LogP contribution in [-0.4, -0.2) is 31.3 Å². The second kappa shape index (κ2) is 3.41. The normalized spacial score (nSPS) is 37.3. The van der Waals surface area contributed by atoms with Crippen molar-refractivity contribution in [3.05, 3.63) is 0 Å². The standard InChI is InChI=1S/C11H19NO/c1-12(2)7-11(13)10-6-8-3-4-9(10)5-8/h8-10H,3-7H2,1-2H3. The summed E-state index contributed by atoms with van der Waals surface area (Å²) in [4.78, 5) is 13.8. The Labute approximate surface area is 80.3 Å². The number of nitrogens with zero attached hydrogens (tertiary/aromatic N) is 1. The molecule has 0 radical (unpaired) electrons. The van der Waals surface area contributed by atoms with Crippen LogP contribution in [0.5, 0.6) is 0 Å². The largest absolute Gasteiger partial charge is 0.302 e. The van der Waals surface area contributed by atoms with Crippen LogP contribution < -0.4 is 0 Å². The van der Waals surface area contributed by atoms with Crippen LogP contribution in [0.4, 0.5) is 0 Å². The Morgan fingerprint density at radius 2 is 2.08 bits per heavy atom. The predicted octanol–water partition coefficient (Wildman–Crippen LogP) is 1.55. The second-order valence-corrected chi connectivity index (χ2v) is 4.99. The third kappa shape index (κ3) is 1.78. The van der Waals surface area contributed by atoms with Gasteiger partial charge in [-0.05, 0) is 45.2 Å². The molecule has 0 N–H and O–H groups in total. The molecule has 2 aliphatic rings. The molecule has 0 spiro atoms. The summed E-state index contributed by atoms with van der Waals surface area (Å²) in [5.74, 6) is 2.54. The molecule has 2 nitrogen and oxygen atoms in total. The van der Waals surface area contributed by atoms with Crippen molar-refractivity contribution in [2.75, 3.05) is 20.6 Å². The van der Waals surface area contributed by atoms with E-state index < -0.39 is 0 Å². The fraction of sp³-hybridized carbons (Fsp3) is 0.909. The van der Waals surface area contributed by atoms with Crippen molar-refractivity contribution in [3.63, 3.8) is 0 Å². The molecular weight excluding hydrogens is 162 g/mol. The van der Waals surface area contributed by atoms with E-state index in [1.165, 1.54) is 25.7 Å². The number of likely N-dealkylation sites (N-methyl/N-ethyl adjacent to an activating group) is 1. The summed E-state index contributed by atoms with van der Waals surface area (Å²) in [5.41, 5.74) is 0. The average Bonchev–Trinajstić information content (AvgIpc) is 2.62. The molecule has 0 amide bonds. The number of hydrogen-bond donors (Lipinski definition) is 0. The van der Waals surface area contributed by atoms with Crippen molar-refractivity contribution in [2.24, 2.45) is 17.8 Å². The first kappa shape index (κ1) is 9.20. The van der Waals surface area contributed by atoms with E-state index in [9.17, 15) is 4.79 Å². The molecule has 2 heteroatoms. The molecule has 13 heavy (non-hydrogen) atoms. The monoisotopic (exact) mass is 181 g/mol. The zero-order valence-electron chi connectivity index (χ0n) is 8.62. The number of hydrogen-bond acceptors (Lipinski definition) is 2. The lowest BCUT2D eigenvalue weighted by molar-refractivity contribution is -0.124. The Hall–Kier alpha value is -0.370. The Bertz CT molecular complexity index is 212. The second-order valence-electron chi connectivity index (χ2n) is 4.99. The highest BCUT2D eigenvalue weighted by molar-refractivity contribution is 5.83. The summed E-state index contributed by atoms with van der Waals surface area (Å²) in [7, 11) is 3.95. The lowest BCUT2D eigenvalue weighted by Gasteiger charge is -2.21. The summed E-state index contributed by atoms with van der Waals surface area (Å²) in [6.07, 6.45) is 5.23. The molecule has 3 unspecified atom stereocenters. The minimum atomic E-state index is 0.418. The predicted molar refractivity (Wildman–Crippen MR) is 52.5 cm³/mol. The van der Waals surface area contributed by atoms with Gasteiger partial charge in [0.25, 0.3) is 0 Å². The van der Waals surface area contributed by atoms with Gasteiger partial charge in [0.05, 0.1) is 6.54 Å². The number of ketones is 1. The molecule has 2 rings (SSSR count). The molecular formula is C11H19NO. The van der Waals surface area contributed by atoms with Crippen LogP contribution in [0.3, 0.4) is 0 Å². The lowest BCUT2D eigenvalue weighted by atomic mass is 9.85. The van der Waals surface area contributed by atoms with Crippen LogP contribution in [0.25, 0.3) is 0 Å². The first-order valence-electron chi connectivity index (χ1n) is 5.34. The third-order valence-corrected chi connectivity index (χ3v) is 3.62. The summed E-state index contributed by atoms with van der Waals surface area (Å²) in [5, 5.41) is 0. The summed E-state index contributed by atoms with van der Waals surface area (Å²) >= 11 is 0. The van der Waals surface area contributed by atoms with Crippen LogP contribution in [0.2, 0.25) is 0 Å². The number of fused-ring (bicyclic) bond motifs is 2. The van der Waals surface area contributed by atoms with E-state index in [2.05, 4.69) is 0 Å². The molecule has 0 saturated heterocycles. The highest BCUT2D eigenvalue weighted by Gasteiger charge is 2.42. The van der Waals surface area contributed by atoms with Crippen molar-refractivity contribution in [3.8, 4) is 0 Å². The van der Waals surface area contributed by atoms with Crippen molar-refractivity contribution < 1.29 is 4.79 Å². The van der Waals surface area contributed by atoms with Gasteiger partial charge in [-0.1, -0.05) is 6.42 Å². The minimum absolute atomic E-state index is 0.418. The van der Waals surface area contributed by atoms with E-state index in [4.69, 9.17) is 0 Å². The van der Waals surface area contributed by atoms with Crippen molar-refractivity contribution in [2.45, 2.75) is 25.7 Å². The minimum Gasteiger partial charge on any atom is -0.302 e. The summed E-state index contributed by atoms with van der Waals surface area (Å²) in [6, 6.07) is 0. The van der Waals surface area contributed by atoms with Gasteiger partial charge in [0.1, 0.15) is 5.78 Å². The maximum absolute atomic E-state index is 11.8. The Kier molecular flexibility index (Phi) is 2.41. The van der Waals surface area contributed by atoms with Crippen LogP contribution >= 0.6 is 0 Å². The quantitative estimate of drug-likeness (QED) is 0.658. The van der Waals surface area contributed by atoms with Gasteiger partial charge in [0, 0.05) is 5.92 Å². The molecule has 2 saturated carbocycles. The summed E-state index contributed by atoms with van der Waals surface area (Å²) in [6.45, 7) is 0.647. The molecule has 0 aromatic heterocycles. The first-order chi connectivity index (χ1) is 6.16. The van der Waals surface area contributed by atoms with E-state index in [1.807, 2.05) is 19.0 Å². The zero-order chi connectivity index (χ0) is 9.42. The fourth-order valence-corrected chi connectivity index (χ4v) is 3.07. The van der Waals surface area contributed by atoms with Crippen molar-refractivity contribution >= 4 is 5.78 Å². The Morgan fingerprint density at radius 1 is 1.31 bits per heavy atom. The van der Waals surface area contributed by atoms with Gasteiger partial charge in [-0.3, -0.25) is 4.79 Å². The molecule has 2 bridgehead atoms. The Balaban J connectivity index is 1.91. The molecule has 0 aromatic carbocycles. The highest BCUT2D eigenvalue weighted by atomic mass is 16.1. The van der Waals surface area contributed by atoms with Gasteiger partial charge in [-0.25, -0.2) is 0 Å². The van der Waals surface area contributed by atoms with Gasteiger partial charge >= 0.3 is 0 Å². The molecule has 0 aromatic rings. The van der Waals surface area contributed by atoms with E-state index in [-0.39, 0.29) is 0 Å². The smallest absolute Gasteiger partial charge is 0.150 e. The van der Waals surface area contributed by atoms with Crippen LogP contribution in [0, 0.1) is 17.8 Å².